The Labute approximate surface area is 77.0 Å². The van der Waals surface area contributed by atoms with Crippen LogP contribution in [0.25, 0.3) is 0 Å². The smallest absolute Gasteiger partial charge is 0.182 e. The summed E-state index contributed by atoms with van der Waals surface area (Å²) < 4.78 is 0. The molecule has 0 aliphatic rings. The normalized spacial score (nSPS) is 12.9. The molecule has 0 aromatic carbocycles. The number of nitrogens with zero attached hydrogens (tertiary/aromatic N) is 1. The number of thiazole rings is 1. The van der Waals surface area contributed by atoms with Crippen LogP contribution in [0.2, 0.25) is 0 Å². The van der Waals surface area contributed by atoms with Gasteiger partial charge in [0.15, 0.2) is 5.13 Å². The number of nitrogens with two attached hydrogens (primary N) is 1. The molecule has 1 aromatic heterocycles. The quantitative estimate of drug-likeness (QED) is 0.744. The van der Waals surface area contributed by atoms with Crippen LogP contribution in [0.1, 0.15) is 12.6 Å². The fourth-order valence-corrected chi connectivity index (χ4v) is 1.64. The van der Waals surface area contributed by atoms with Crippen LogP contribution in [0, 0.1) is 5.92 Å². The van der Waals surface area contributed by atoms with Gasteiger partial charge in [-0.05, 0) is 18.9 Å². The highest BCUT2D eigenvalue weighted by molar-refractivity contribution is 7.13. The molecule has 0 spiro atoms. The van der Waals surface area contributed by atoms with Crippen molar-refractivity contribution in [1.29, 1.82) is 0 Å². The summed E-state index contributed by atoms with van der Waals surface area (Å²) in [6.07, 6.45) is 0.981. The molecule has 0 radical (unpaired) electrons. The van der Waals surface area contributed by atoms with Gasteiger partial charge in [0, 0.05) is 12.4 Å². The molecule has 3 N–H and O–H groups in total. The zero-order chi connectivity index (χ0) is 8.97. The molecule has 0 aliphatic heterocycles. The summed E-state index contributed by atoms with van der Waals surface area (Å²) in [5.74, 6) is 0.525. The summed E-state index contributed by atoms with van der Waals surface area (Å²) in [7, 11) is 1.88. The third kappa shape index (κ3) is 2.46. The Balaban J connectivity index is 2.52. The van der Waals surface area contributed by atoms with Crippen LogP contribution >= 0.6 is 11.3 Å². The number of nitrogens with one attached hydrogen (secondary N) is 1. The molecule has 1 unspecified atom stereocenters. The van der Waals surface area contributed by atoms with Crippen molar-refractivity contribution < 1.29 is 0 Å². The molecule has 1 rings (SSSR count). The lowest BCUT2D eigenvalue weighted by Gasteiger charge is -2.03. The highest BCUT2D eigenvalue weighted by atomic mass is 32.1. The molecular weight excluding hydrogens is 170 g/mol. The van der Waals surface area contributed by atoms with E-state index in [1.807, 2.05) is 7.05 Å². The van der Waals surface area contributed by atoms with Crippen molar-refractivity contribution in [2.75, 3.05) is 18.9 Å². The van der Waals surface area contributed by atoms with Crippen molar-refractivity contribution in [3.8, 4) is 0 Å². The molecule has 0 amide bonds. The highest BCUT2D eigenvalue weighted by Gasteiger charge is 2.04. The monoisotopic (exact) mass is 185 g/mol. The van der Waals surface area contributed by atoms with Gasteiger partial charge in [0.2, 0.25) is 0 Å². The number of anilines is 1. The van der Waals surface area contributed by atoms with Crippen LogP contribution in [0.15, 0.2) is 5.38 Å². The average molecular weight is 185 g/mol. The second-order valence-corrected chi connectivity index (χ2v) is 3.80. The van der Waals surface area contributed by atoms with Gasteiger partial charge in [-0.2, -0.15) is 0 Å². The summed E-state index contributed by atoms with van der Waals surface area (Å²) in [5.41, 5.74) is 6.66. The first-order chi connectivity index (χ1) is 5.76. The Morgan fingerprint density at radius 1 is 1.75 bits per heavy atom. The molecule has 1 heterocycles. The minimum Gasteiger partial charge on any atom is -0.365 e. The van der Waals surface area contributed by atoms with E-state index in [1.165, 1.54) is 0 Å². The van der Waals surface area contributed by atoms with E-state index < -0.39 is 0 Å². The molecule has 1 atom stereocenters. The molecule has 0 saturated carbocycles. The first kappa shape index (κ1) is 9.48. The summed E-state index contributed by atoms with van der Waals surface area (Å²) in [4.78, 5) is 4.37. The van der Waals surface area contributed by atoms with Gasteiger partial charge in [-0.15, -0.1) is 11.3 Å². The molecule has 4 heteroatoms. The Morgan fingerprint density at radius 3 is 3.00 bits per heavy atom. The molecule has 3 nitrogen and oxygen atoms in total. The first-order valence-corrected chi connectivity index (χ1v) is 4.96. The van der Waals surface area contributed by atoms with Crippen LogP contribution in [0.3, 0.4) is 0 Å². The standard InChI is InChI=1S/C8H15N3S/c1-6(4-9)3-7-5-12-8(10-2)11-7/h5-6H,3-4,9H2,1-2H3,(H,10,11). The molecule has 0 aliphatic carbocycles. The van der Waals surface area contributed by atoms with Crippen LogP contribution in [-0.4, -0.2) is 18.6 Å². The summed E-state index contributed by atoms with van der Waals surface area (Å²) in [6.45, 7) is 2.87. The summed E-state index contributed by atoms with van der Waals surface area (Å²) >= 11 is 1.64. The Kier molecular flexibility index (Phi) is 3.49. The van der Waals surface area contributed by atoms with Crippen molar-refractivity contribution in [3.05, 3.63) is 11.1 Å². The second kappa shape index (κ2) is 4.42. The van der Waals surface area contributed by atoms with Crippen LogP contribution < -0.4 is 11.1 Å². The number of rotatable bonds is 4. The number of hydrogen-bond donors (Lipinski definition) is 2. The fraction of sp³-hybridized carbons (Fsp3) is 0.625. The van der Waals surface area contributed by atoms with Gasteiger partial charge < -0.3 is 11.1 Å². The molecule has 0 fully saturated rings. The third-order valence-electron chi connectivity index (χ3n) is 1.73. The minimum absolute atomic E-state index is 0.525. The molecule has 1 aromatic rings. The maximum absolute atomic E-state index is 5.52. The lowest BCUT2D eigenvalue weighted by atomic mass is 10.1. The van der Waals surface area contributed by atoms with Crippen LogP contribution in [0.4, 0.5) is 5.13 Å². The van der Waals surface area contributed by atoms with Gasteiger partial charge in [-0.1, -0.05) is 6.92 Å². The van der Waals surface area contributed by atoms with Crippen molar-refractivity contribution in [1.82, 2.24) is 4.98 Å². The molecule has 68 valence electrons. The van der Waals surface area contributed by atoms with Crippen LogP contribution in [-0.2, 0) is 6.42 Å². The summed E-state index contributed by atoms with van der Waals surface area (Å²) in [5, 5.41) is 6.08. The molecule has 0 bridgehead atoms. The van der Waals surface area contributed by atoms with E-state index in [2.05, 4.69) is 22.6 Å². The van der Waals surface area contributed by atoms with Crippen molar-refractivity contribution in [3.63, 3.8) is 0 Å². The highest BCUT2D eigenvalue weighted by Crippen LogP contribution is 2.16. The average Bonchev–Trinajstić information content (AvgIpc) is 2.52. The van der Waals surface area contributed by atoms with E-state index in [9.17, 15) is 0 Å². The molecular formula is C8H15N3S. The minimum atomic E-state index is 0.525. The van der Waals surface area contributed by atoms with Crippen molar-refractivity contribution >= 4 is 16.5 Å². The fourth-order valence-electron chi connectivity index (χ4n) is 0.956. The van der Waals surface area contributed by atoms with Gasteiger partial charge in [0.05, 0.1) is 5.69 Å². The topological polar surface area (TPSA) is 50.9 Å². The molecule has 0 saturated heterocycles. The van der Waals surface area contributed by atoms with Crippen molar-refractivity contribution in [2.45, 2.75) is 13.3 Å². The van der Waals surface area contributed by atoms with E-state index in [4.69, 9.17) is 5.73 Å². The maximum Gasteiger partial charge on any atom is 0.182 e. The second-order valence-electron chi connectivity index (χ2n) is 2.94. The maximum atomic E-state index is 5.52. The van der Waals surface area contributed by atoms with E-state index in [0.29, 0.717) is 5.92 Å². The van der Waals surface area contributed by atoms with Gasteiger partial charge in [0.25, 0.3) is 0 Å². The summed E-state index contributed by atoms with van der Waals surface area (Å²) in [6, 6.07) is 0. The zero-order valence-corrected chi connectivity index (χ0v) is 8.32. The SMILES string of the molecule is CNc1nc(CC(C)CN)cs1. The number of aromatic nitrogens is 1. The molecule has 12 heavy (non-hydrogen) atoms. The van der Waals surface area contributed by atoms with Crippen molar-refractivity contribution in [2.24, 2.45) is 11.7 Å². The van der Waals surface area contributed by atoms with E-state index in [0.717, 1.165) is 23.8 Å². The van der Waals surface area contributed by atoms with E-state index in [-0.39, 0.29) is 0 Å². The van der Waals surface area contributed by atoms with Gasteiger partial charge in [0.1, 0.15) is 0 Å². The zero-order valence-electron chi connectivity index (χ0n) is 7.50. The van der Waals surface area contributed by atoms with Gasteiger partial charge in [-0.3, -0.25) is 0 Å². The first-order valence-electron chi connectivity index (χ1n) is 4.08. The number of hydrogen-bond acceptors (Lipinski definition) is 4. The Bertz CT molecular complexity index is 234. The Morgan fingerprint density at radius 2 is 2.50 bits per heavy atom. The largest absolute Gasteiger partial charge is 0.365 e. The van der Waals surface area contributed by atoms with E-state index >= 15 is 0 Å². The van der Waals surface area contributed by atoms with Crippen LogP contribution in [0.5, 0.6) is 0 Å². The van der Waals surface area contributed by atoms with E-state index in [1.54, 1.807) is 11.3 Å². The lowest BCUT2D eigenvalue weighted by Crippen LogP contribution is -2.13. The van der Waals surface area contributed by atoms with Gasteiger partial charge in [-0.25, -0.2) is 4.98 Å². The lowest BCUT2D eigenvalue weighted by molar-refractivity contribution is 0.586. The Hall–Kier alpha value is -0.610. The third-order valence-corrected chi connectivity index (χ3v) is 2.63. The van der Waals surface area contributed by atoms with Gasteiger partial charge >= 0.3 is 0 Å². The predicted octanol–water partition coefficient (Wildman–Crippen LogP) is 1.32. The predicted molar refractivity (Wildman–Crippen MR) is 53.6 cm³/mol.